The molecule has 0 aromatic carbocycles. The maximum Gasteiger partial charge on any atom is 0.249 e. The van der Waals surface area contributed by atoms with Gasteiger partial charge >= 0.3 is 0 Å². The molecule has 1 aromatic heterocycles. The number of nitrogens with zero attached hydrogens (tertiary/aromatic N) is 2. The molecule has 2 amide bonds. The number of hydrogen-bond acceptors (Lipinski definition) is 4. The lowest BCUT2D eigenvalue weighted by Crippen LogP contribution is -2.30. The third-order valence-electron chi connectivity index (χ3n) is 3.30. The summed E-state index contributed by atoms with van der Waals surface area (Å²) in [5.41, 5.74) is 4.37. The molecule has 0 aliphatic heterocycles. The van der Waals surface area contributed by atoms with Gasteiger partial charge in [0.1, 0.15) is 6.42 Å². The van der Waals surface area contributed by atoms with Crippen molar-refractivity contribution in [3.8, 4) is 0 Å². The fraction of sp³-hybridized carbons (Fsp3) is 0.467. The van der Waals surface area contributed by atoms with Gasteiger partial charge in [-0.15, -0.1) is 0 Å². The summed E-state index contributed by atoms with van der Waals surface area (Å²) in [6.07, 6.45) is 8.49. The Bertz CT molecular complexity index is 506. The number of hydrogen-bond donors (Lipinski definition) is 2. The first-order valence-electron chi connectivity index (χ1n) is 7.24. The number of carbonyl (C=O) groups excluding carboxylic acids is 2. The highest BCUT2D eigenvalue weighted by atomic mass is 16.2. The maximum absolute atomic E-state index is 11.6. The molecule has 0 saturated heterocycles. The largest absolute Gasteiger partial charge is 0.352 e. The highest BCUT2D eigenvalue weighted by molar-refractivity contribution is 5.97. The Hall–Kier alpha value is -2.24. The summed E-state index contributed by atoms with van der Waals surface area (Å²) in [5, 5.41) is 6.76. The third kappa shape index (κ3) is 5.72. The Labute approximate surface area is 124 Å². The predicted octanol–water partition coefficient (Wildman–Crippen LogP) is 1.52. The molecule has 112 valence electrons. The van der Waals surface area contributed by atoms with Crippen molar-refractivity contribution in [2.24, 2.45) is 5.10 Å². The number of aromatic nitrogens is 1. The van der Waals surface area contributed by atoms with Gasteiger partial charge in [-0.2, -0.15) is 5.10 Å². The van der Waals surface area contributed by atoms with E-state index >= 15 is 0 Å². The first-order chi connectivity index (χ1) is 10.2. The lowest BCUT2D eigenvalue weighted by molar-refractivity contribution is -0.129. The predicted molar refractivity (Wildman–Crippen MR) is 79.4 cm³/mol. The second-order valence-corrected chi connectivity index (χ2v) is 5.09. The average Bonchev–Trinajstić information content (AvgIpc) is 2.53. The minimum absolute atomic E-state index is 0.211. The van der Waals surface area contributed by atoms with Crippen LogP contribution in [0.1, 0.15) is 44.1 Å². The van der Waals surface area contributed by atoms with Gasteiger partial charge in [0.25, 0.3) is 0 Å². The second kappa shape index (κ2) is 8.14. The van der Waals surface area contributed by atoms with Gasteiger partial charge in [-0.3, -0.25) is 14.6 Å². The van der Waals surface area contributed by atoms with Crippen LogP contribution < -0.4 is 10.7 Å². The summed E-state index contributed by atoms with van der Waals surface area (Å²) < 4.78 is 0. The summed E-state index contributed by atoms with van der Waals surface area (Å²) >= 11 is 0. The Morgan fingerprint density at radius 1 is 1.19 bits per heavy atom. The van der Waals surface area contributed by atoms with E-state index in [-0.39, 0.29) is 18.2 Å². The molecule has 21 heavy (non-hydrogen) atoms. The maximum atomic E-state index is 11.6. The lowest BCUT2D eigenvalue weighted by Gasteiger charge is -2.12. The molecular formula is C15H20N4O2. The molecule has 2 rings (SSSR count). The van der Waals surface area contributed by atoms with Crippen LogP contribution in [-0.4, -0.2) is 22.5 Å². The van der Waals surface area contributed by atoms with E-state index in [4.69, 9.17) is 0 Å². The number of carbonyl (C=O) groups is 2. The van der Waals surface area contributed by atoms with Crippen LogP contribution in [0, 0.1) is 0 Å². The van der Waals surface area contributed by atoms with E-state index in [0.717, 1.165) is 37.0 Å². The van der Waals surface area contributed by atoms with Crippen LogP contribution in [0.15, 0.2) is 29.6 Å². The number of hydrazone groups is 1. The molecular weight excluding hydrogens is 268 g/mol. The van der Waals surface area contributed by atoms with E-state index in [2.05, 4.69) is 20.8 Å². The fourth-order valence-electron chi connectivity index (χ4n) is 2.16. The van der Waals surface area contributed by atoms with Gasteiger partial charge in [-0.1, -0.05) is 12.5 Å². The Morgan fingerprint density at radius 2 is 2.00 bits per heavy atom. The molecule has 0 atom stereocenters. The van der Waals surface area contributed by atoms with Crippen molar-refractivity contribution < 1.29 is 9.59 Å². The van der Waals surface area contributed by atoms with Gasteiger partial charge in [-0.05, 0) is 37.3 Å². The minimum Gasteiger partial charge on any atom is -0.352 e. The zero-order valence-electron chi connectivity index (χ0n) is 12.0. The molecule has 6 nitrogen and oxygen atoms in total. The normalized spacial score (nSPS) is 14.4. The van der Waals surface area contributed by atoms with Gasteiger partial charge in [0.15, 0.2) is 0 Å². The van der Waals surface area contributed by atoms with E-state index in [1.54, 1.807) is 18.5 Å². The highest BCUT2D eigenvalue weighted by Gasteiger charge is 2.10. The van der Waals surface area contributed by atoms with Crippen molar-refractivity contribution in [2.75, 3.05) is 0 Å². The summed E-state index contributed by atoms with van der Waals surface area (Å²) in [6.45, 7) is 0.370. The summed E-state index contributed by atoms with van der Waals surface area (Å²) in [4.78, 5) is 27.2. The van der Waals surface area contributed by atoms with Crippen LogP contribution in [0.5, 0.6) is 0 Å². The van der Waals surface area contributed by atoms with Gasteiger partial charge in [0, 0.05) is 24.7 Å². The van der Waals surface area contributed by atoms with Crippen molar-refractivity contribution in [3.05, 3.63) is 30.1 Å². The summed E-state index contributed by atoms with van der Waals surface area (Å²) in [7, 11) is 0. The molecule has 1 aromatic rings. The smallest absolute Gasteiger partial charge is 0.249 e. The molecule has 1 fully saturated rings. The quantitative estimate of drug-likeness (QED) is 0.636. The van der Waals surface area contributed by atoms with E-state index in [0.29, 0.717) is 6.54 Å². The molecule has 2 N–H and O–H groups in total. The van der Waals surface area contributed by atoms with Crippen LogP contribution in [0.3, 0.4) is 0 Å². The van der Waals surface area contributed by atoms with Crippen LogP contribution in [0.25, 0.3) is 0 Å². The number of amides is 2. The molecule has 1 aliphatic rings. The number of nitrogens with one attached hydrogen (secondary N) is 2. The lowest BCUT2D eigenvalue weighted by atomic mass is 9.99. The fourth-order valence-corrected chi connectivity index (χ4v) is 2.16. The van der Waals surface area contributed by atoms with Crippen molar-refractivity contribution >= 4 is 17.5 Å². The van der Waals surface area contributed by atoms with Gasteiger partial charge in [0.05, 0.1) is 0 Å². The van der Waals surface area contributed by atoms with E-state index in [9.17, 15) is 9.59 Å². The first kappa shape index (κ1) is 15.2. The van der Waals surface area contributed by atoms with Crippen LogP contribution in [-0.2, 0) is 16.1 Å². The van der Waals surface area contributed by atoms with Crippen molar-refractivity contribution in [3.63, 3.8) is 0 Å². The SMILES string of the molecule is O=C(CC(=O)NN=C1CCCCC1)NCc1cccnc1. The summed E-state index contributed by atoms with van der Waals surface area (Å²) in [5.74, 6) is -0.697. The number of pyridine rings is 1. The monoisotopic (exact) mass is 288 g/mol. The molecule has 1 aliphatic carbocycles. The zero-order chi connectivity index (χ0) is 14.9. The van der Waals surface area contributed by atoms with E-state index < -0.39 is 0 Å². The van der Waals surface area contributed by atoms with Crippen molar-refractivity contribution in [2.45, 2.75) is 45.1 Å². The third-order valence-corrected chi connectivity index (χ3v) is 3.30. The molecule has 0 bridgehead atoms. The minimum atomic E-state index is -0.378. The Morgan fingerprint density at radius 3 is 2.71 bits per heavy atom. The standard InChI is InChI=1S/C15H20N4O2/c20-14(17-11-12-5-4-8-16-10-12)9-15(21)19-18-13-6-2-1-3-7-13/h4-5,8,10H,1-3,6-7,9,11H2,(H,17,20)(H,19,21). The topological polar surface area (TPSA) is 83.5 Å². The first-order valence-corrected chi connectivity index (χ1v) is 7.24. The zero-order valence-corrected chi connectivity index (χ0v) is 12.0. The number of rotatable bonds is 5. The highest BCUT2D eigenvalue weighted by Crippen LogP contribution is 2.14. The van der Waals surface area contributed by atoms with Gasteiger partial charge in [-0.25, -0.2) is 5.43 Å². The van der Waals surface area contributed by atoms with Gasteiger partial charge < -0.3 is 5.32 Å². The molecule has 1 heterocycles. The van der Waals surface area contributed by atoms with E-state index in [1.807, 2.05) is 6.07 Å². The Kier molecular flexibility index (Phi) is 5.87. The molecule has 0 spiro atoms. The Balaban J connectivity index is 1.68. The van der Waals surface area contributed by atoms with Crippen molar-refractivity contribution in [1.82, 2.24) is 15.7 Å². The van der Waals surface area contributed by atoms with E-state index in [1.165, 1.54) is 6.42 Å². The molecule has 6 heteroatoms. The second-order valence-electron chi connectivity index (χ2n) is 5.09. The van der Waals surface area contributed by atoms with Crippen LogP contribution in [0.4, 0.5) is 0 Å². The van der Waals surface area contributed by atoms with Crippen molar-refractivity contribution in [1.29, 1.82) is 0 Å². The molecule has 0 unspecified atom stereocenters. The summed E-state index contributed by atoms with van der Waals surface area (Å²) in [6, 6.07) is 3.66. The van der Waals surface area contributed by atoms with Crippen LogP contribution in [0.2, 0.25) is 0 Å². The average molecular weight is 288 g/mol. The molecule has 0 radical (unpaired) electrons. The van der Waals surface area contributed by atoms with Gasteiger partial charge in [0.2, 0.25) is 11.8 Å². The van der Waals surface area contributed by atoms with Crippen LogP contribution >= 0.6 is 0 Å². The molecule has 1 saturated carbocycles.